The number of benzene rings is 1. The number of amides is 1. The molecule has 1 aromatic heterocycles. The lowest BCUT2D eigenvalue weighted by atomic mass is 9.91. The Labute approximate surface area is 193 Å². The van der Waals surface area contributed by atoms with Gasteiger partial charge in [0.1, 0.15) is 5.82 Å². The molecule has 31 heavy (non-hydrogen) atoms. The molecule has 2 unspecified atom stereocenters. The Kier molecular flexibility index (Phi) is 6.58. The molecule has 1 heterocycles. The fourth-order valence-corrected chi connectivity index (χ4v) is 4.73. The SMILES string of the molecule is Cc1cnc(N[C@H]2CC[C@@H](NC(=O)C3CC3c3ccc(Cl)c(Cl)c3)CC2)nc1N(C)C. The molecule has 8 heteroatoms. The highest BCUT2D eigenvalue weighted by Gasteiger charge is 2.44. The maximum atomic E-state index is 12.7. The summed E-state index contributed by atoms with van der Waals surface area (Å²) in [7, 11) is 3.97. The van der Waals surface area contributed by atoms with E-state index >= 15 is 0 Å². The molecule has 2 aliphatic rings. The van der Waals surface area contributed by atoms with Crippen molar-refractivity contribution in [3.63, 3.8) is 0 Å². The lowest BCUT2D eigenvalue weighted by Gasteiger charge is -2.30. The van der Waals surface area contributed by atoms with Crippen molar-refractivity contribution in [3.8, 4) is 0 Å². The van der Waals surface area contributed by atoms with E-state index in [0.717, 1.165) is 49.0 Å². The lowest BCUT2D eigenvalue weighted by molar-refractivity contribution is -0.123. The molecule has 1 aromatic carbocycles. The van der Waals surface area contributed by atoms with Crippen LogP contribution in [-0.4, -0.2) is 42.1 Å². The van der Waals surface area contributed by atoms with Gasteiger partial charge in [0.25, 0.3) is 0 Å². The molecule has 166 valence electrons. The minimum absolute atomic E-state index is 0.0403. The Morgan fingerprint density at radius 1 is 1.10 bits per heavy atom. The molecule has 2 N–H and O–H groups in total. The van der Waals surface area contributed by atoms with Gasteiger partial charge in [0.05, 0.1) is 10.0 Å². The minimum atomic E-state index is 0.0403. The quantitative estimate of drug-likeness (QED) is 0.646. The first-order valence-corrected chi connectivity index (χ1v) is 11.6. The Morgan fingerprint density at radius 3 is 2.48 bits per heavy atom. The van der Waals surface area contributed by atoms with Crippen molar-refractivity contribution in [1.29, 1.82) is 0 Å². The molecular weight excluding hydrogens is 433 g/mol. The van der Waals surface area contributed by atoms with Crippen molar-refractivity contribution in [2.24, 2.45) is 5.92 Å². The molecule has 0 aliphatic heterocycles. The molecule has 0 bridgehead atoms. The predicted octanol–water partition coefficient (Wildman–Crippen LogP) is 4.80. The molecule has 2 saturated carbocycles. The number of nitrogens with one attached hydrogen (secondary N) is 2. The number of carbonyl (C=O) groups excluding carboxylic acids is 1. The number of hydrogen-bond acceptors (Lipinski definition) is 5. The van der Waals surface area contributed by atoms with Gasteiger partial charge in [-0.25, -0.2) is 4.98 Å². The van der Waals surface area contributed by atoms with Crippen LogP contribution in [0.1, 0.15) is 49.1 Å². The van der Waals surface area contributed by atoms with Gasteiger partial charge in [-0.3, -0.25) is 4.79 Å². The van der Waals surface area contributed by atoms with Gasteiger partial charge in [0.15, 0.2) is 0 Å². The van der Waals surface area contributed by atoms with Crippen LogP contribution in [0.3, 0.4) is 0 Å². The van der Waals surface area contributed by atoms with E-state index in [4.69, 9.17) is 23.2 Å². The van der Waals surface area contributed by atoms with Crippen molar-refractivity contribution in [2.45, 2.75) is 57.0 Å². The molecule has 1 amide bonds. The molecular formula is C23H29Cl2N5O. The van der Waals surface area contributed by atoms with Gasteiger partial charge in [0.2, 0.25) is 11.9 Å². The molecule has 6 nitrogen and oxygen atoms in total. The summed E-state index contributed by atoms with van der Waals surface area (Å²) >= 11 is 12.1. The molecule has 0 saturated heterocycles. The van der Waals surface area contributed by atoms with Gasteiger partial charge in [-0.2, -0.15) is 4.98 Å². The van der Waals surface area contributed by atoms with E-state index < -0.39 is 0 Å². The third-order valence-electron chi connectivity index (χ3n) is 6.27. The highest BCUT2D eigenvalue weighted by Crippen LogP contribution is 2.48. The Hall–Kier alpha value is -2.05. The van der Waals surface area contributed by atoms with Gasteiger partial charge in [-0.15, -0.1) is 0 Å². The van der Waals surface area contributed by atoms with Crippen molar-refractivity contribution in [2.75, 3.05) is 24.3 Å². The van der Waals surface area contributed by atoms with E-state index in [0.29, 0.717) is 22.0 Å². The fourth-order valence-electron chi connectivity index (χ4n) is 4.42. The van der Waals surface area contributed by atoms with Crippen molar-refractivity contribution in [3.05, 3.63) is 45.6 Å². The molecule has 0 radical (unpaired) electrons. The molecule has 0 spiro atoms. The Balaban J connectivity index is 1.25. The summed E-state index contributed by atoms with van der Waals surface area (Å²) in [6.07, 6.45) is 6.62. The van der Waals surface area contributed by atoms with Crippen LogP contribution < -0.4 is 15.5 Å². The predicted molar refractivity (Wildman–Crippen MR) is 126 cm³/mol. The molecule has 4 rings (SSSR count). The van der Waals surface area contributed by atoms with Crippen LogP contribution in [0.4, 0.5) is 11.8 Å². The van der Waals surface area contributed by atoms with E-state index in [1.807, 2.05) is 44.2 Å². The lowest BCUT2D eigenvalue weighted by Crippen LogP contribution is -2.41. The van der Waals surface area contributed by atoms with Crippen LogP contribution in [-0.2, 0) is 4.79 Å². The fraction of sp³-hybridized carbons (Fsp3) is 0.522. The molecule has 2 aliphatic carbocycles. The van der Waals surface area contributed by atoms with E-state index in [1.165, 1.54) is 0 Å². The number of carbonyl (C=O) groups is 1. The van der Waals surface area contributed by atoms with Crippen molar-refractivity contribution >= 4 is 40.9 Å². The van der Waals surface area contributed by atoms with E-state index in [1.54, 1.807) is 6.07 Å². The van der Waals surface area contributed by atoms with E-state index in [-0.39, 0.29) is 23.8 Å². The van der Waals surface area contributed by atoms with Crippen molar-refractivity contribution < 1.29 is 4.79 Å². The number of nitrogens with zero attached hydrogens (tertiary/aromatic N) is 3. The smallest absolute Gasteiger partial charge is 0.224 e. The van der Waals surface area contributed by atoms with Gasteiger partial charge in [-0.05, 0) is 62.6 Å². The van der Waals surface area contributed by atoms with Crippen LogP contribution in [0, 0.1) is 12.8 Å². The Bertz CT molecular complexity index is 959. The third kappa shape index (κ3) is 5.24. The first-order valence-electron chi connectivity index (χ1n) is 10.8. The topological polar surface area (TPSA) is 70.1 Å². The van der Waals surface area contributed by atoms with Crippen LogP contribution in [0.2, 0.25) is 10.0 Å². The summed E-state index contributed by atoms with van der Waals surface area (Å²) in [5, 5.41) is 7.82. The standard InChI is InChI=1S/C23H29Cl2N5O/c1-13-12-26-23(29-21(13)30(2)3)28-16-7-5-15(6-8-16)27-22(31)18-11-17(18)14-4-9-19(24)20(25)10-14/h4,9-10,12,15-18H,5-8,11H2,1-3H3,(H,27,31)(H,26,28,29)/t15-,16+,17?,18?. The zero-order valence-electron chi connectivity index (χ0n) is 18.2. The molecule has 2 atom stereocenters. The second-order valence-electron chi connectivity index (χ2n) is 8.92. The van der Waals surface area contributed by atoms with Crippen LogP contribution in [0.15, 0.2) is 24.4 Å². The Morgan fingerprint density at radius 2 is 1.81 bits per heavy atom. The average Bonchev–Trinajstić information content (AvgIpc) is 3.54. The molecule has 2 aromatic rings. The normalized spacial score (nSPS) is 25.1. The zero-order valence-corrected chi connectivity index (χ0v) is 19.7. The first-order chi connectivity index (χ1) is 14.8. The monoisotopic (exact) mass is 461 g/mol. The summed E-state index contributed by atoms with van der Waals surface area (Å²) in [5.74, 6) is 2.05. The summed E-state index contributed by atoms with van der Waals surface area (Å²) in [5.41, 5.74) is 2.15. The van der Waals surface area contributed by atoms with Crippen LogP contribution >= 0.6 is 23.2 Å². The second-order valence-corrected chi connectivity index (χ2v) is 9.73. The third-order valence-corrected chi connectivity index (χ3v) is 7.01. The number of aromatic nitrogens is 2. The van der Waals surface area contributed by atoms with Gasteiger partial charge in [-0.1, -0.05) is 29.3 Å². The summed E-state index contributed by atoms with van der Waals surface area (Å²) < 4.78 is 0. The maximum absolute atomic E-state index is 12.7. The highest BCUT2D eigenvalue weighted by molar-refractivity contribution is 6.42. The van der Waals surface area contributed by atoms with Crippen LogP contribution in [0.25, 0.3) is 0 Å². The number of aryl methyl sites for hydroxylation is 1. The number of anilines is 2. The van der Waals surface area contributed by atoms with E-state index in [9.17, 15) is 4.79 Å². The molecule has 2 fully saturated rings. The zero-order chi connectivity index (χ0) is 22.1. The maximum Gasteiger partial charge on any atom is 0.224 e. The minimum Gasteiger partial charge on any atom is -0.362 e. The van der Waals surface area contributed by atoms with E-state index in [2.05, 4.69) is 20.6 Å². The highest BCUT2D eigenvalue weighted by atomic mass is 35.5. The number of hydrogen-bond donors (Lipinski definition) is 2. The average molecular weight is 462 g/mol. The van der Waals surface area contributed by atoms with Crippen LogP contribution in [0.5, 0.6) is 0 Å². The summed E-state index contributed by atoms with van der Waals surface area (Å²) in [4.78, 5) is 23.8. The summed E-state index contributed by atoms with van der Waals surface area (Å²) in [6, 6.07) is 6.22. The summed E-state index contributed by atoms with van der Waals surface area (Å²) in [6.45, 7) is 2.01. The van der Waals surface area contributed by atoms with Gasteiger partial charge < -0.3 is 15.5 Å². The first kappa shape index (κ1) is 22.2. The number of halogens is 2. The second kappa shape index (κ2) is 9.21. The largest absolute Gasteiger partial charge is 0.362 e. The number of rotatable bonds is 6. The van der Waals surface area contributed by atoms with Gasteiger partial charge in [0, 0.05) is 43.9 Å². The van der Waals surface area contributed by atoms with Crippen molar-refractivity contribution in [1.82, 2.24) is 15.3 Å². The van der Waals surface area contributed by atoms with Gasteiger partial charge >= 0.3 is 0 Å².